The number of methoxy groups -OCH3 is 1. The third kappa shape index (κ3) is 5.47. The highest BCUT2D eigenvalue weighted by molar-refractivity contribution is 6.33. The van der Waals surface area contributed by atoms with Gasteiger partial charge in [-0.3, -0.25) is 9.59 Å². The van der Waals surface area contributed by atoms with Crippen LogP contribution >= 0.6 is 11.6 Å². The van der Waals surface area contributed by atoms with E-state index in [0.717, 1.165) is 11.3 Å². The summed E-state index contributed by atoms with van der Waals surface area (Å²) >= 11 is 6.04. The van der Waals surface area contributed by atoms with Crippen molar-refractivity contribution in [2.24, 2.45) is 0 Å². The number of amides is 2. The first-order valence-corrected chi connectivity index (χ1v) is 9.35. The summed E-state index contributed by atoms with van der Waals surface area (Å²) in [6.07, 6.45) is 0. The van der Waals surface area contributed by atoms with Crippen LogP contribution in [0.5, 0.6) is 5.75 Å². The zero-order chi connectivity index (χ0) is 20.7. The molecule has 2 aromatic carbocycles. The number of ether oxygens (including phenoxy) is 1. The topological polar surface area (TPSA) is 70.7 Å². The predicted octanol–water partition coefficient (Wildman–Crippen LogP) is 2.89. The molecule has 7 heteroatoms. The standard InChI is InChI=1S/C21H26ClN3O3/c1-14(24-21(27)15-9-5-7-11-17(15)22)20(26)23-13-18(25(2)3)16-10-6-8-12-19(16)28-4/h5-12,14,18H,13H2,1-4H3,(H,23,26)(H,24,27). The second-order valence-corrected chi connectivity index (χ2v) is 7.05. The molecule has 0 aliphatic heterocycles. The van der Waals surface area contributed by atoms with Gasteiger partial charge in [0.15, 0.2) is 0 Å². The molecule has 2 rings (SSSR count). The van der Waals surface area contributed by atoms with Gasteiger partial charge >= 0.3 is 0 Å². The zero-order valence-electron chi connectivity index (χ0n) is 16.5. The van der Waals surface area contributed by atoms with Crippen LogP contribution in [0.1, 0.15) is 28.9 Å². The lowest BCUT2D eigenvalue weighted by Gasteiger charge is -2.27. The van der Waals surface area contributed by atoms with Gasteiger partial charge in [-0.2, -0.15) is 0 Å². The third-order valence-corrected chi connectivity index (χ3v) is 4.78. The minimum atomic E-state index is -0.704. The number of carbonyl (C=O) groups is 2. The Morgan fingerprint density at radius 2 is 1.75 bits per heavy atom. The number of likely N-dealkylation sites (N-methyl/N-ethyl adjacent to an activating group) is 1. The Hall–Kier alpha value is -2.57. The smallest absolute Gasteiger partial charge is 0.253 e. The van der Waals surface area contributed by atoms with Gasteiger partial charge in [-0.1, -0.05) is 41.9 Å². The van der Waals surface area contributed by atoms with Crippen LogP contribution < -0.4 is 15.4 Å². The van der Waals surface area contributed by atoms with Crippen LogP contribution in [-0.2, 0) is 4.79 Å². The first kappa shape index (κ1) is 21.7. The first-order valence-electron chi connectivity index (χ1n) is 8.97. The fourth-order valence-corrected chi connectivity index (χ4v) is 3.07. The number of carbonyl (C=O) groups excluding carboxylic acids is 2. The summed E-state index contributed by atoms with van der Waals surface area (Å²) in [6.45, 7) is 2.01. The van der Waals surface area contributed by atoms with E-state index < -0.39 is 6.04 Å². The van der Waals surface area contributed by atoms with Crippen LogP contribution in [0.2, 0.25) is 5.02 Å². The first-order chi connectivity index (χ1) is 13.3. The average molecular weight is 404 g/mol. The molecule has 0 aliphatic rings. The second-order valence-electron chi connectivity index (χ2n) is 6.64. The minimum Gasteiger partial charge on any atom is -0.496 e. The quantitative estimate of drug-likeness (QED) is 0.711. The molecular formula is C21H26ClN3O3. The van der Waals surface area contributed by atoms with Gasteiger partial charge in [-0.05, 0) is 39.2 Å². The van der Waals surface area contributed by atoms with Crippen LogP contribution in [0, 0.1) is 0 Å². The molecule has 0 aliphatic carbocycles. The lowest BCUT2D eigenvalue weighted by molar-refractivity contribution is -0.122. The number of benzene rings is 2. The Morgan fingerprint density at radius 3 is 2.39 bits per heavy atom. The summed E-state index contributed by atoms with van der Waals surface area (Å²) in [5.41, 5.74) is 1.31. The van der Waals surface area contributed by atoms with Crippen LogP contribution in [-0.4, -0.2) is 50.5 Å². The molecule has 0 heterocycles. The van der Waals surface area contributed by atoms with Gasteiger partial charge in [0.1, 0.15) is 11.8 Å². The van der Waals surface area contributed by atoms with E-state index in [2.05, 4.69) is 10.6 Å². The molecule has 2 N–H and O–H groups in total. The molecule has 0 saturated carbocycles. The summed E-state index contributed by atoms with van der Waals surface area (Å²) in [7, 11) is 5.49. The third-order valence-electron chi connectivity index (χ3n) is 4.45. The lowest BCUT2D eigenvalue weighted by Crippen LogP contribution is -2.46. The molecule has 0 radical (unpaired) electrons. The molecule has 2 amide bonds. The van der Waals surface area contributed by atoms with Gasteiger partial charge in [-0.25, -0.2) is 0 Å². The van der Waals surface area contributed by atoms with Crippen molar-refractivity contribution < 1.29 is 14.3 Å². The molecule has 0 saturated heterocycles. The lowest BCUT2D eigenvalue weighted by atomic mass is 10.0. The van der Waals surface area contributed by atoms with Crippen molar-refractivity contribution in [1.29, 1.82) is 0 Å². The van der Waals surface area contributed by atoms with Crippen molar-refractivity contribution in [3.63, 3.8) is 0 Å². The van der Waals surface area contributed by atoms with Gasteiger partial charge in [0.2, 0.25) is 5.91 Å². The van der Waals surface area contributed by atoms with Crippen molar-refractivity contribution in [1.82, 2.24) is 15.5 Å². The molecular weight excluding hydrogens is 378 g/mol. The van der Waals surface area contributed by atoms with E-state index >= 15 is 0 Å². The largest absolute Gasteiger partial charge is 0.496 e. The Bertz CT molecular complexity index is 826. The molecule has 2 unspecified atom stereocenters. The average Bonchev–Trinajstić information content (AvgIpc) is 2.68. The second kappa shape index (κ2) is 10.1. The number of hydrogen-bond acceptors (Lipinski definition) is 4. The number of para-hydroxylation sites is 1. The summed E-state index contributed by atoms with van der Waals surface area (Å²) < 4.78 is 5.43. The molecule has 28 heavy (non-hydrogen) atoms. The molecule has 0 bridgehead atoms. The Kier molecular flexibility index (Phi) is 7.84. The van der Waals surface area contributed by atoms with E-state index in [-0.39, 0.29) is 17.9 Å². The molecule has 0 aromatic heterocycles. The maximum absolute atomic E-state index is 12.5. The van der Waals surface area contributed by atoms with Gasteiger partial charge in [-0.15, -0.1) is 0 Å². The van der Waals surface area contributed by atoms with E-state index in [1.807, 2.05) is 43.3 Å². The van der Waals surface area contributed by atoms with Crippen molar-refractivity contribution >= 4 is 23.4 Å². The molecule has 2 atom stereocenters. The fraction of sp³-hybridized carbons (Fsp3) is 0.333. The van der Waals surface area contributed by atoms with E-state index in [4.69, 9.17) is 16.3 Å². The summed E-state index contributed by atoms with van der Waals surface area (Å²) in [5.74, 6) is 0.0970. The SMILES string of the molecule is COc1ccccc1C(CNC(=O)C(C)NC(=O)c1ccccc1Cl)N(C)C. The number of hydrogen-bond donors (Lipinski definition) is 2. The van der Waals surface area contributed by atoms with E-state index in [1.165, 1.54) is 0 Å². The van der Waals surface area contributed by atoms with Gasteiger partial charge in [0.05, 0.1) is 23.7 Å². The number of rotatable bonds is 8. The Balaban J connectivity index is 2.00. The van der Waals surface area contributed by atoms with Crippen molar-refractivity contribution in [3.05, 3.63) is 64.7 Å². The van der Waals surface area contributed by atoms with Crippen LogP contribution in [0.25, 0.3) is 0 Å². The van der Waals surface area contributed by atoms with Gasteiger partial charge in [0, 0.05) is 12.1 Å². The Morgan fingerprint density at radius 1 is 1.11 bits per heavy atom. The van der Waals surface area contributed by atoms with Crippen LogP contribution in [0.15, 0.2) is 48.5 Å². The zero-order valence-corrected chi connectivity index (χ0v) is 17.3. The van der Waals surface area contributed by atoms with Crippen LogP contribution in [0.3, 0.4) is 0 Å². The predicted molar refractivity (Wildman–Crippen MR) is 111 cm³/mol. The van der Waals surface area contributed by atoms with Crippen molar-refractivity contribution in [2.75, 3.05) is 27.7 Å². The van der Waals surface area contributed by atoms with Crippen molar-refractivity contribution in [2.45, 2.75) is 19.0 Å². The number of nitrogens with one attached hydrogen (secondary N) is 2. The highest BCUT2D eigenvalue weighted by Gasteiger charge is 2.22. The van der Waals surface area contributed by atoms with Crippen molar-refractivity contribution in [3.8, 4) is 5.75 Å². The molecule has 2 aromatic rings. The number of halogens is 1. The van der Waals surface area contributed by atoms with Gasteiger partial charge in [0.25, 0.3) is 5.91 Å². The number of nitrogens with zero attached hydrogens (tertiary/aromatic N) is 1. The highest BCUT2D eigenvalue weighted by atomic mass is 35.5. The van der Waals surface area contributed by atoms with Crippen LogP contribution in [0.4, 0.5) is 0 Å². The normalized spacial score (nSPS) is 12.9. The highest BCUT2D eigenvalue weighted by Crippen LogP contribution is 2.27. The summed E-state index contributed by atoms with van der Waals surface area (Å²) in [6, 6.07) is 13.6. The minimum absolute atomic E-state index is 0.0773. The Labute approximate surface area is 170 Å². The van der Waals surface area contributed by atoms with E-state index in [9.17, 15) is 9.59 Å². The maximum atomic E-state index is 12.5. The fourth-order valence-electron chi connectivity index (χ4n) is 2.85. The monoisotopic (exact) mass is 403 g/mol. The maximum Gasteiger partial charge on any atom is 0.253 e. The molecule has 0 spiro atoms. The summed E-state index contributed by atoms with van der Waals surface area (Å²) in [4.78, 5) is 26.8. The van der Waals surface area contributed by atoms with E-state index in [0.29, 0.717) is 17.1 Å². The van der Waals surface area contributed by atoms with E-state index in [1.54, 1.807) is 38.3 Å². The van der Waals surface area contributed by atoms with Gasteiger partial charge < -0.3 is 20.3 Å². The molecule has 150 valence electrons. The molecule has 0 fully saturated rings. The molecule has 6 nitrogen and oxygen atoms in total. The summed E-state index contributed by atoms with van der Waals surface area (Å²) in [5, 5.41) is 5.92.